The predicted molar refractivity (Wildman–Crippen MR) is 120 cm³/mol. The lowest BCUT2D eigenvalue weighted by Gasteiger charge is -2.28. The van der Waals surface area contributed by atoms with Crippen molar-refractivity contribution >= 4 is 34.2 Å². The number of likely N-dealkylation sites (N-methyl/N-ethyl adjacent to an activating group) is 1. The van der Waals surface area contributed by atoms with Crippen LogP contribution in [0.3, 0.4) is 0 Å². The molecule has 2 N–H and O–H groups in total. The molecule has 0 aromatic heterocycles. The van der Waals surface area contributed by atoms with Gasteiger partial charge >= 0.3 is 6.18 Å². The van der Waals surface area contributed by atoms with Crippen molar-refractivity contribution in [3.63, 3.8) is 0 Å². The Hall–Kier alpha value is -1.69. The van der Waals surface area contributed by atoms with Crippen molar-refractivity contribution in [3.05, 3.63) is 62.2 Å². The van der Waals surface area contributed by atoms with Crippen molar-refractivity contribution in [2.24, 2.45) is 0 Å². The number of halogens is 4. The molecule has 1 heterocycles. The van der Waals surface area contributed by atoms with Crippen LogP contribution in [0.2, 0.25) is 0 Å². The average molecular weight is 548 g/mol. The molecule has 0 radical (unpaired) electrons. The van der Waals surface area contributed by atoms with E-state index in [9.17, 15) is 28.2 Å². The third-order valence-electron chi connectivity index (χ3n) is 5.71. The molecular weight excluding hydrogens is 524 g/mol. The minimum absolute atomic E-state index is 0.0409. The molecular formula is C22H24F3IN2O3. The van der Waals surface area contributed by atoms with Gasteiger partial charge in [-0.05, 0) is 53.4 Å². The van der Waals surface area contributed by atoms with Crippen LogP contribution >= 0.6 is 22.6 Å². The first-order valence-electron chi connectivity index (χ1n) is 9.96. The molecule has 1 amide bonds. The van der Waals surface area contributed by atoms with E-state index >= 15 is 0 Å². The van der Waals surface area contributed by atoms with Crippen LogP contribution in [0, 0.1) is 3.57 Å². The third-order valence-corrected chi connectivity index (χ3v) is 6.33. The van der Waals surface area contributed by atoms with Gasteiger partial charge in [-0.1, -0.05) is 38.1 Å². The monoisotopic (exact) mass is 548 g/mol. The lowest BCUT2D eigenvalue weighted by atomic mass is 9.82. The zero-order chi connectivity index (χ0) is 23.0. The van der Waals surface area contributed by atoms with Crippen LogP contribution < -0.4 is 4.90 Å². The second-order valence-electron chi connectivity index (χ2n) is 7.35. The van der Waals surface area contributed by atoms with Gasteiger partial charge in [0.2, 0.25) is 0 Å². The molecule has 0 bridgehead atoms. The third kappa shape index (κ3) is 4.20. The number of carbonyl (C=O) groups is 1. The summed E-state index contributed by atoms with van der Waals surface area (Å²) in [4.78, 5) is 16.8. The highest BCUT2D eigenvalue weighted by Crippen LogP contribution is 2.51. The van der Waals surface area contributed by atoms with E-state index in [-0.39, 0.29) is 23.4 Å². The van der Waals surface area contributed by atoms with Crippen LogP contribution in [0.25, 0.3) is 0 Å². The molecule has 2 aromatic rings. The van der Waals surface area contributed by atoms with Crippen LogP contribution in [0.5, 0.6) is 0 Å². The maximum atomic E-state index is 14.0. The highest BCUT2D eigenvalue weighted by Gasteiger charge is 2.56. The van der Waals surface area contributed by atoms with Crippen molar-refractivity contribution in [2.45, 2.75) is 32.2 Å². The summed E-state index contributed by atoms with van der Waals surface area (Å²) in [5.41, 5.74) is -3.88. The smallest absolute Gasteiger partial charge is 0.392 e. The number of aliphatic hydroxyl groups is 2. The van der Waals surface area contributed by atoms with E-state index in [0.29, 0.717) is 10.1 Å². The molecule has 1 aliphatic rings. The summed E-state index contributed by atoms with van der Waals surface area (Å²) in [6.07, 6.45) is -4.78. The second kappa shape index (κ2) is 9.05. The number of aliphatic hydroxyl groups excluding tert-OH is 1. The number of hydrogen-bond donors (Lipinski definition) is 2. The van der Waals surface area contributed by atoms with Gasteiger partial charge in [0.1, 0.15) is 0 Å². The lowest BCUT2D eigenvalue weighted by Crippen LogP contribution is -2.45. The number of alkyl halides is 3. The van der Waals surface area contributed by atoms with E-state index in [2.05, 4.69) is 0 Å². The number of hydrogen-bond acceptors (Lipinski definition) is 4. The lowest BCUT2D eigenvalue weighted by molar-refractivity contribution is -0.142. The largest absolute Gasteiger partial charge is 0.416 e. The topological polar surface area (TPSA) is 64.0 Å². The number of carbonyl (C=O) groups excluding carboxylic acids is 1. The normalized spacial score (nSPS) is 18.7. The first-order chi connectivity index (χ1) is 14.6. The number of nitrogens with zero attached hydrogens (tertiary/aromatic N) is 2. The number of amides is 1. The molecule has 168 valence electrons. The minimum atomic E-state index is -4.78. The summed E-state index contributed by atoms with van der Waals surface area (Å²) >= 11 is 1.78. The van der Waals surface area contributed by atoms with Crippen LogP contribution in [-0.4, -0.2) is 47.2 Å². The highest BCUT2D eigenvalue weighted by molar-refractivity contribution is 14.1. The maximum Gasteiger partial charge on any atom is 0.416 e. The molecule has 1 unspecified atom stereocenters. The maximum absolute atomic E-state index is 14.0. The molecule has 3 rings (SSSR count). The van der Waals surface area contributed by atoms with Gasteiger partial charge in [-0.3, -0.25) is 4.79 Å². The Kier molecular flexibility index (Phi) is 6.99. The number of rotatable bonds is 7. The molecule has 0 fully saturated rings. The molecule has 2 aromatic carbocycles. The molecule has 0 saturated heterocycles. The molecule has 5 nitrogen and oxygen atoms in total. The summed E-state index contributed by atoms with van der Waals surface area (Å²) in [7, 11) is 0. The Balaban J connectivity index is 2.27. The molecule has 0 aliphatic carbocycles. The predicted octanol–water partition coefficient (Wildman–Crippen LogP) is 3.73. The van der Waals surface area contributed by atoms with Gasteiger partial charge in [-0.25, -0.2) is 0 Å². The van der Waals surface area contributed by atoms with E-state index in [4.69, 9.17) is 0 Å². The number of fused-ring (bicyclic) bond motifs is 1. The summed E-state index contributed by atoms with van der Waals surface area (Å²) < 4.78 is 42.4. The summed E-state index contributed by atoms with van der Waals surface area (Å²) in [6, 6.07) is 8.42. The van der Waals surface area contributed by atoms with E-state index in [1.807, 2.05) is 18.7 Å². The van der Waals surface area contributed by atoms with Crippen LogP contribution in [0.4, 0.5) is 18.9 Å². The van der Waals surface area contributed by atoms with Gasteiger partial charge in [0.05, 0.1) is 17.9 Å². The first kappa shape index (κ1) is 24.0. The summed E-state index contributed by atoms with van der Waals surface area (Å²) in [6.45, 7) is 5.43. The Morgan fingerprint density at radius 3 is 2.39 bits per heavy atom. The molecule has 0 saturated carbocycles. The van der Waals surface area contributed by atoms with Gasteiger partial charge in [-0.2, -0.15) is 13.2 Å². The van der Waals surface area contributed by atoms with E-state index in [1.54, 1.807) is 28.7 Å². The Morgan fingerprint density at radius 1 is 1.16 bits per heavy atom. The fourth-order valence-electron chi connectivity index (χ4n) is 4.09. The average Bonchev–Trinajstić information content (AvgIpc) is 2.95. The van der Waals surface area contributed by atoms with E-state index < -0.39 is 35.4 Å². The summed E-state index contributed by atoms with van der Waals surface area (Å²) in [5, 5.41) is 21.4. The Morgan fingerprint density at radius 2 is 1.81 bits per heavy atom. The summed E-state index contributed by atoms with van der Waals surface area (Å²) in [5.74, 6) is -0.844. The first-order valence-corrected chi connectivity index (χ1v) is 11.0. The van der Waals surface area contributed by atoms with Gasteiger partial charge in [0.25, 0.3) is 5.91 Å². The van der Waals surface area contributed by atoms with Crippen molar-refractivity contribution < 1.29 is 28.2 Å². The van der Waals surface area contributed by atoms with E-state index in [1.165, 1.54) is 29.2 Å². The van der Waals surface area contributed by atoms with Crippen molar-refractivity contribution in [2.75, 3.05) is 31.1 Å². The highest BCUT2D eigenvalue weighted by atomic mass is 127. The standard InChI is InChI=1S/C22H24F3IN2O3/c1-3-27(4-2)9-10-28-18-12-15(26)11-17(22(23,24)25)19(18)21(31,20(28)30)16-8-6-5-7-14(16)13-29/h5-8,11-12,29,31H,3-4,9-10,13H2,1-2H3. The quantitative estimate of drug-likeness (QED) is 0.518. The zero-order valence-electron chi connectivity index (χ0n) is 17.2. The van der Waals surface area contributed by atoms with E-state index in [0.717, 1.165) is 19.2 Å². The Labute approximate surface area is 192 Å². The number of anilines is 1. The van der Waals surface area contributed by atoms with Gasteiger partial charge in [0, 0.05) is 27.8 Å². The molecule has 0 spiro atoms. The van der Waals surface area contributed by atoms with Gasteiger partial charge in [0.15, 0.2) is 5.60 Å². The van der Waals surface area contributed by atoms with Gasteiger partial charge in [-0.15, -0.1) is 0 Å². The molecule has 31 heavy (non-hydrogen) atoms. The van der Waals surface area contributed by atoms with Crippen molar-refractivity contribution in [1.29, 1.82) is 0 Å². The van der Waals surface area contributed by atoms with Crippen molar-refractivity contribution in [1.82, 2.24) is 4.90 Å². The number of benzene rings is 2. The molecule has 1 aliphatic heterocycles. The minimum Gasteiger partial charge on any atom is -0.392 e. The molecule has 1 atom stereocenters. The Bertz CT molecular complexity index is 979. The van der Waals surface area contributed by atoms with Crippen LogP contribution in [-0.2, 0) is 23.2 Å². The molecule has 9 heteroatoms. The fourth-order valence-corrected chi connectivity index (χ4v) is 4.69. The van der Waals surface area contributed by atoms with Crippen LogP contribution in [0.15, 0.2) is 36.4 Å². The van der Waals surface area contributed by atoms with Crippen molar-refractivity contribution in [3.8, 4) is 0 Å². The fraction of sp³-hybridized carbons (Fsp3) is 0.409. The second-order valence-corrected chi connectivity index (χ2v) is 8.60. The SMILES string of the molecule is CCN(CC)CCN1C(=O)C(O)(c2ccccc2CO)c2c1cc(I)cc2C(F)(F)F. The van der Waals surface area contributed by atoms with Crippen LogP contribution in [0.1, 0.15) is 36.1 Å². The zero-order valence-corrected chi connectivity index (χ0v) is 19.4. The van der Waals surface area contributed by atoms with Gasteiger partial charge < -0.3 is 20.0 Å².